The lowest BCUT2D eigenvalue weighted by molar-refractivity contribution is -0.277. The molecule has 6 heterocycles. The van der Waals surface area contributed by atoms with Crippen molar-refractivity contribution in [2.45, 2.75) is 299 Å². The quantitative estimate of drug-likeness (QED) is 0.0296. The van der Waals surface area contributed by atoms with Crippen molar-refractivity contribution in [3.05, 3.63) is 108 Å². The molecule has 35 atom stereocenters. The molecule has 12 saturated carbocycles. The van der Waals surface area contributed by atoms with E-state index in [2.05, 4.69) is 79.2 Å². The highest BCUT2D eigenvalue weighted by Crippen LogP contribution is 2.80. The number of hydrogen-bond donors (Lipinski definition) is 7. The largest absolute Gasteiger partial charge is 0.479 e. The van der Waals surface area contributed by atoms with Gasteiger partial charge >= 0.3 is 23.9 Å². The van der Waals surface area contributed by atoms with Crippen LogP contribution in [0.5, 0.6) is 0 Å². The summed E-state index contributed by atoms with van der Waals surface area (Å²) in [7, 11) is 2.96. The molecule has 0 aromatic heterocycles. The minimum absolute atomic E-state index is 0.0110. The van der Waals surface area contributed by atoms with Crippen LogP contribution < -0.4 is 5.90 Å². The molecule has 6 aliphatic heterocycles. The maximum atomic E-state index is 17.6. The van der Waals surface area contributed by atoms with Gasteiger partial charge in [-0.1, -0.05) is 131 Å². The van der Waals surface area contributed by atoms with Crippen LogP contribution in [0.2, 0.25) is 0 Å². The van der Waals surface area contributed by atoms with E-state index in [-0.39, 0.29) is 164 Å². The van der Waals surface area contributed by atoms with E-state index in [1.807, 2.05) is 65.8 Å². The van der Waals surface area contributed by atoms with E-state index in [0.29, 0.717) is 68.5 Å². The van der Waals surface area contributed by atoms with Crippen molar-refractivity contribution in [3.8, 4) is 0 Å². The molecule has 6 spiro atoms. The first kappa shape index (κ1) is 106. The molecule has 0 amide bonds. The summed E-state index contributed by atoms with van der Waals surface area (Å²) in [6, 6.07) is 0. The van der Waals surface area contributed by atoms with E-state index in [9.17, 15) is 44.4 Å². The van der Waals surface area contributed by atoms with Crippen molar-refractivity contribution in [3.63, 3.8) is 0 Å². The number of esters is 2. The first-order valence-corrected chi connectivity index (χ1v) is 51.1. The summed E-state index contributed by atoms with van der Waals surface area (Å²) in [4.78, 5) is 83.0. The van der Waals surface area contributed by atoms with E-state index in [4.69, 9.17) is 91.2 Å². The van der Waals surface area contributed by atoms with E-state index in [1.54, 1.807) is 56.4 Å². The lowest BCUT2D eigenvalue weighted by Crippen LogP contribution is -2.71. The molecule has 34 nitrogen and oxygen atoms in total. The highest BCUT2D eigenvalue weighted by atomic mass is 19.2. The maximum Gasteiger partial charge on any atom is 0.344 e. The summed E-state index contributed by atoms with van der Waals surface area (Å²) < 4.78 is 154. The molecule has 16 aliphatic carbocycles. The number of aliphatic carboxylic acids is 1. The molecule has 22 aliphatic rings. The Morgan fingerprint density at radius 3 is 1.08 bits per heavy atom. The second-order valence-electron chi connectivity index (χ2n) is 46.1. The number of hydrogen-bond acceptors (Lipinski definition) is 33. The molecule has 796 valence electrons. The zero-order valence-electron chi connectivity index (χ0n) is 85.3. The topological polar surface area (TPSA) is 445 Å². The predicted molar refractivity (Wildman–Crippen MR) is 503 cm³/mol. The van der Waals surface area contributed by atoms with E-state index < -0.39 is 185 Å². The number of fused-ring (bicyclic) bond motifs is 26. The first-order valence-electron chi connectivity index (χ1n) is 51.1. The van der Waals surface area contributed by atoms with Crippen LogP contribution in [0.15, 0.2) is 123 Å². The number of aliphatic hydroxyl groups is 4. The van der Waals surface area contributed by atoms with Crippen molar-refractivity contribution in [1.29, 1.82) is 0 Å². The van der Waals surface area contributed by atoms with Crippen molar-refractivity contribution >= 4 is 46.6 Å². The Labute approximate surface area is 836 Å². The number of carbonyl (C=O) groups is 5. The number of ketones is 2. The minimum atomic E-state index is -2.00. The molecule has 0 aromatic rings. The Bertz CT molecular complexity index is 5390. The number of carboxylic acid groups (broad SMARTS) is 1. The molecule has 8 N–H and O–H groups in total. The van der Waals surface area contributed by atoms with Gasteiger partial charge in [-0.25, -0.2) is 22.4 Å². The van der Waals surface area contributed by atoms with Gasteiger partial charge in [-0.2, -0.15) is 11.2 Å². The Hall–Kier alpha value is -7.58. The number of rotatable bonds is 13. The zero-order valence-corrected chi connectivity index (χ0v) is 85.3. The van der Waals surface area contributed by atoms with Crippen LogP contribution in [-0.2, 0) is 115 Å². The Balaban J connectivity index is 0.000000124. The average Bonchev–Trinajstić information content (AvgIpc) is 1.49. The van der Waals surface area contributed by atoms with Crippen LogP contribution in [-0.4, -0.2) is 252 Å². The summed E-state index contributed by atoms with van der Waals surface area (Å²) in [5.74, 6) is -4.20. The number of ether oxygens (including phenoxy) is 14. The SMILES string of the molecule is C=C(ON)OO.CCC(=O)OCC(=O)[C@@]1(OC(=O)CC)[C@@H](C)C[C@H]2[C@@H]3CCC4=C/C(=N/OC)C=C[C@]4(C)[C@@]3(F)[C@@H](O)C[C@@]21C.CO/N=C1\C=C[C@@]2(C)C(=C1)CC[C@H]1[C@@H]3C[C@H](C)[C@@]4(OCOC45COCO5)[C@@]3(C)C[C@H](O)[C@@]12F.C[C@H]1C[C@H]2[C@@H]3CCC4=C/C(=N/OCC(=O)O)C=C[C@]4(C)[C@@]3(F)[C@@H](O)C[C@]2(C)[C@]12OCOC21COCO1.C[C@H]1C[C@H]2[C@@H]3CCC4=CC(=O)C=C[C@]4(C)[C@@]3(F)[C@@H](O)C[C@]2(C)[C@]12OCOC21COCO1. The molecule has 0 radical (unpaired) electrons. The summed E-state index contributed by atoms with van der Waals surface area (Å²) in [6.45, 7) is 30.6. The van der Waals surface area contributed by atoms with Crippen LogP contribution in [0.3, 0.4) is 0 Å². The Kier molecular flexibility index (Phi) is 27.5. The van der Waals surface area contributed by atoms with Crippen molar-refractivity contribution < 1.29 is 163 Å². The number of nitrogens with two attached hydrogens (primary N) is 1. The van der Waals surface area contributed by atoms with Crippen molar-refractivity contribution in [2.75, 3.05) is 88.0 Å². The van der Waals surface area contributed by atoms with Gasteiger partial charge in [0.25, 0.3) is 0 Å². The number of carbonyl (C=O) groups excluding carboxylic acids is 4. The van der Waals surface area contributed by atoms with Gasteiger partial charge in [0.15, 0.2) is 81.4 Å². The number of oxime groups is 3. The second kappa shape index (κ2) is 37.2. The predicted octanol–water partition coefficient (Wildman–Crippen LogP) is 13.6. The molecule has 3 unspecified atom stereocenters. The molecule has 0 bridgehead atoms. The number of carboxylic acids is 1. The molecule has 6 saturated heterocycles. The van der Waals surface area contributed by atoms with Gasteiger partial charge in [-0.3, -0.25) is 24.1 Å². The fourth-order valence-corrected chi connectivity index (χ4v) is 34.8. The van der Waals surface area contributed by atoms with Gasteiger partial charge in [0.2, 0.25) is 29.8 Å². The number of allylic oxidation sites excluding steroid dienone is 16. The molecule has 18 fully saturated rings. The number of alkyl halides is 4. The van der Waals surface area contributed by atoms with Gasteiger partial charge in [0.1, 0.15) is 68.0 Å². The molecular formula is C106H144F4N4O30. The van der Waals surface area contributed by atoms with Gasteiger partial charge in [0, 0.05) is 85.8 Å². The highest BCUT2D eigenvalue weighted by molar-refractivity contribution is 6.07. The maximum absolute atomic E-state index is 17.6. The number of aliphatic hydroxyl groups excluding tert-OH is 4. The van der Waals surface area contributed by atoms with E-state index in [0.717, 1.165) is 48.0 Å². The highest BCUT2D eigenvalue weighted by Gasteiger charge is 2.87. The second-order valence-corrected chi connectivity index (χ2v) is 46.1. The van der Waals surface area contributed by atoms with Crippen molar-refractivity contribution in [2.24, 2.45) is 136 Å². The van der Waals surface area contributed by atoms with Crippen molar-refractivity contribution in [1.82, 2.24) is 0 Å². The summed E-state index contributed by atoms with van der Waals surface area (Å²) in [6.07, 6.45) is 24.3. The Morgan fingerprint density at radius 2 is 0.764 bits per heavy atom. The number of Topliss-reactive ketones (excluding diaryl/α,β-unsaturated/α-hetero) is 1. The van der Waals surface area contributed by atoms with Crippen LogP contribution >= 0.6 is 0 Å². The summed E-state index contributed by atoms with van der Waals surface area (Å²) in [5, 5.41) is 74.7. The van der Waals surface area contributed by atoms with Gasteiger partial charge < -0.3 is 111 Å². The molecular weight excluding hydrogens is 1890 g/mol. The monoisotopic (exact) mass is 2030 g/mol. The summed E-state index contributed by atoms with van der Waals surface area (Å²) in [5.41, 5.74) is -13.2. The molecule has 38 heteroatoms. The van der Waals surface area contributed by atoms with Gasteiger partial charge in [-0.15, -0.1) is 0 Å². The lowest BCUT2D eigenvalue weighted by atomic mass is 9.44. The molecule has 22 rings (SSSR count). The minimum Gasteiger partial charge on any atom is -0.479 e. The normalized spacial score (nSPS) is 49.9. The zero-order chi connectivity index (χ0) is 104. The van der Waals surface area contributed by atoms with E-state index in [1.165, 1.54) is 20.3 Å². The molecule has 144 heavy (non-hydrogen) atoms. The third kappa shape index (κ3) is 14.2. The van der Waals surface area contributed by atoms with Gasteiger partial charge in [-0.05, 0) is 227 Å². The fourth-order valence-electron chi connectivity index (χ4n) is 34.8. The van der Waals surface area contributed by atoms with E-state index >= 15 is 17.6 Å². The summed E-state index contributed by atoms with van der Waals surface area (Å²) >= 11 is 0. The number of halogens is 4. The van der Waals surface area contributed by atoms with Crippen LogP contribution in [0.1, 0.15) is 213 Å². The van der Waals surface area contributed by atoms with Gasteiger partial charge in [0.05, 0.1) is 24.4 Å². The third-order valence-corrected chi connectivity index (χ3v) is 40.8. The van der Waals surface area contributed by atoms with Crippen LogP contribution in [0, 0.1) is 114 Å². The lowest BCUT2D eigenvalue weighted by Gasteiger charge is -2.63. The van der Waals surface area contributed by atoms with Crippen LogP contribution in [0.25, 0.3) is 0 Å². The molecule has 0 aromatic carbocycles. The number of nitrogens with zero attached hydrogens (tertiary/aromatic N) is 3. The fraction of sp³-hybridized carbons (Fsp3) is 0.755. The Morgan fingerprint density at radius 1 is 0.444 bits per heavy atom. The standard InChI is InChI=1S/C29H40FNO7.C26H34FNO8.C25H34FNO6.C24H31FO6.C2H5NO3/c1-7-24(34)37-16-23(33)29(38-25(35)8-2)17(3)13-21-20-10-9-18-14-19(31-36-6)11-12-26(18,4)28(20,30)22(32)15-27(21,29)5;1-15-8-19-18-5-4-16-9-17(28-36-11-21(30)31)6-7-22(16,2)25(18,27)20(29)10-23(19,3)26(15)24(34-14-35-26)12-32-13-33-24;1-15-9-19-18-6-5-16-10-17(27-29-4)7-8-21(16,2)24(18,26)20(28)11-22(19,3)25(15)23(32-14-33-25)12-30-13-31-23;1-14-8-18-17-5-4-15-9-16(26)6-7-20(15,2)23(17,25)19(27)10-21(18,3)24(14)22(30-13-31-24)11-28-12-29-22;1-2(5-3)6-4/h11-12,14,17,20-22,32H,7-10,13,15-16H2,1-6H3;6-7,9,15,18-20,29H,4-5,8,10-14H2,1-3H3,(H,30,31);7-8,10,15,18-20,28H,5-6,9,11-14H2,1-4H3;6-7,9,14,17-19,27H,4-5,8,10-13H2,1-3H3;4H,1,3H2/b31-19+;28-17+;27-17+;;/t17-,20-,21-,22-,26-,27-,28-,29-;15-,18-,19-,20-,22-,23-,24?,25-,26+;15-,18-,19-,20-,21-,22-,23?,24-,25+;14-,17-,18-,19-,20-,21-,22?,23-,24+;/m0000./s1. The smallest absolute Gasteiger partial charge is 0.344 e. The first-order chi connectivity index (χ1) is 68.0. The van der Waals surface area contributed by atoms with Crippen LogP contribution in [0.4, 0.5) is 17.6 Å². The average molecular weight is 2030 g/mol. The third-order valence-electron chi connectivity index (χ3n) is 40.8.